The Bertz CT molecular complexity index is 1710. The van der Waals surface area contributed by atoms with E-state index in [2.05, 4.69) is 78.9 Å². The van der Waals surface area contributed by atoms with Crippen LogP contribution in [-0.2, 0) is 30.3 Å². The van der Waals surface area contributed by atoms with Crippen LogP contribution >= 0.6 is 0 Å². The third-order valence-electron chi connectivity index (χ3n) is 8.80. The summed E-state index contributed by atoms with van der Waals surface area (Å²) < 4.78 is 11.9. The van der Waals surface area contributed by atoms with Gasteiger partial charge in [-0.2, -0.15) is 0 Å². The number of fused-ring (bicyclic) bond motifs is 1. The molecule has 0 spiro atoms. The maximum absolute atomic E-state index is 13.7. The maximum atomic E-state index is 13.7. The van der Waals surface area contributed by atoms with E-state index in [4.69, 9.17) is 9.47 Å². The topological polar surface area (TPSA) is 154 Å². The first kappa shape index (κ1) is 39.7. The van der Waals surface area contributed by atoms with E-state index in [1.54, 1.807) is 39.2 Å². The summed E-state index contributed by atoms with van der Waals surface area (Å²) in [6, 6.07) is 7.19. The summed E-state index contributed by atoms with van der Waals surface area (Å²) in [5, 5.41) is 8.69. The highest BCUT2D eigenvalue weighted by Crippen LogP contribution is 2.41. The smallest absolute Gasteiger partial charge is 0.408 e. The lowest BCUT2D eigenvalue weighted by atomic mass is 10.0. The van der Waals surface area contributed by atoms with E-state index in [0.29, 0.717) is 33.8 Å². The second-order valence-corrected chi connectivity index (χ2v) is 19.9. The molecule has 0 aliphatic heterocycles. The number of methoxy groups -OCH3 is 1. The number of nitrogens with one attached hydrogen (secondary N) is 3. The molecule has 0 radical (unpaired) electrons. The number of alkyl carbamates (subject to hydrolysis) is 1. The number of carbonyl (C=O) groups excluding carboxylic acids is 4. The fraction of sp³-hybridized carbons (Fsp3) is 0.514. The van der Waals surface area contributed by atoms with Gasteiger partial charge < -0.3 is 25.4 Å². The number of benzene rings is 1. The van der Waals surface area contributed by atoms with E-state index in [1.165, 1.54) is 14.0 Å². The zero-order chi connectivity index (χ0) is 37.4. The SMILES string of the molecule is COC(=O)CNC(=O)[C@H](Cc1c(C#C[Si](C(C)C)(C(C)C)C(C)C)n(-c2ncccn2)c2ccccc12)NC(=O)[C@H](C)NC(=O)OC(C)(C)C. The van der Waals surface area contributed by atoms with Gasteiger partial charge in [0.15, 0.2) is 0 Å². The lowest BCUT2D eigenvalue weighted by molar-refractivity contribution is -0.141. The first-order valence-electron chi connectivity index (χ1n) is 17.0. The van der Waals surface area contributed by atoms with E-state index in [0.717, 1.165) is 10.9 Å². The number of aromatic nitrogens is 3. The van der Waals surface area contributed by atoms with Crippen LogP contribution in [0.2, 0.25) is 16.6 Å². The number of amides is 3. The van der Waals surface area contributed by atoms with E-state index in [-0.39, 0.29) is 6.42 Å². The van der Waals surface area contributed by atoms with Crippen LogP contribution in [0, 0.1) is 11.5 Å². The molecule has 0 aliphatic carbocycles. The number of rotatable bonds is 12. The molecule has 0 bridgehead atoms. The van der Waals surface area contributed by atoms with Crippen LogP contribution in [0.25, 0.3) is 16.9 Å². The van der Waals surface area contributed by atoms with Crippen molar-refractivity contribution < 1.29 is 28.7 Å². The van der Waals surface area contributed by atoms with Crippen molar-refractivity contribution >= 4 is 42.9 Å². The monoisotopic (exact) mass is 704 g/mol. The molecule has 0 fully saturated rings. The van der Waals surface area contributed by atoms with Crippen LogP contribution in [-0.4, -0.2) is 77.8 Å². The summed E-state index contributed by atoms with van der Waals surface area (Å²) in [5.41, 5.74) is 6.21. The maximum Gasteiger partial charge on any atom is 0.408 e. The molecule has 3 amide bonds. The van der Waals surface area contributed by atoms with Gasteiger partial charge in [0, 0.05) is 24.2 Å². The van der Waals surface area contributed by atoms with Gasteiger partial charge in [0.2, 0.25) is 17.8 Å². The van der Waals surface area contributed by atoms with Gasteiger partial charge in [-0.3, -0.25) is 19.0 Å². The first-order valence-corrected chi connectivity index (χ1v) is 19.2. The van der Waals surface area contributed by atoms with Crippen molar-refractivity contribution in [3.63, 3.8) is 0 Å². The highest BCUT2D eigenvalue weighted by Gasteiger charge is 2.42. The van der Waals surface area contributed by atoms with E-state index in [1.807, 2.05) is 28.8 Å². The first-order chi connectivity index (χ1) is 23.4. The number of hydrogen-bond acceptors (Lipinski definition) is 8. The third kappa shape index (κ3) is 9.50. The van der Waals surface area contributed by atoms with Gasteiger partial charge in [0.05, 0.1) is 12.6 Å². The van der Waals surface area contributed by atoms with Gasteiger partial charge in [-0.25, -0.2) is 14.8 Å². The lowest BCUT2D eigenvalue weighted by Gasteiger charge is -2.38. The number of esters is 1. The van der Waals surface area contributed by atoms with Crippen LogP contribution in [0.3, 0.4) is 0 Å². The Morgan fingerprint density at radius 3 is 2.04 bits per heavy atom. The van der Waals surface area contributed by atoms with E-state index >= 15 is 0 Å². The zero-order valence-corrected chi connectivity index (χ0v) is 32.1. The van der Waals surface area contributed by atoms with Crippen LogP contribution in [0.1, 0.15) is 80.5 Å². The van der Waals surface area contributed by atoms with Crippen molar-refractivity contribution in [1.29, 1.82) is 0 Å². The molecule has 2 aromatic heterocycles. The standard InChI is InChI=1S/C37H52N6O6Si/c1-23(2)50(24(3)4,25(5)6)20-17-31-28(27-15-12-13-16-30(27)43(31)35-38-18-14-19-39-35)21-29(34(46)40-22-32(44)48-11)42-33(45)26(7)41-36(47)49-37(8,9)10/h12-16,18-19,23-26,29H,21-22H2,1-11H3,(H,40,46)(H,41,47)(H,42,45)/t26-,29-/m0/s1. The minimum atomic E-state index is -2.24. The normalized spacial score (nSPS) is 13.0. The fourth-order valence-corrected chi connectivity index (χ4v) is 11.7. The number of ether oxygens (including phenoxy) is 2. The van der Waals surface area contributed by atoms with Crippen molar-refractivity contribution in [3.05, 3.63) is 54.0 Å². The van der Waals surface area contributed by atoms with Gasteiger partial charge >= 0.3 is 12.1 Å². The number of carbonyl (C=O) groups is 4. The van der Waals surface area contributed by atoms with Crippen LogP contribution < -0.4 is 16.0 Å². The molecular formula is C37H52N6O6Si. The summed E-state index contributed by atoms with van der Waals surface area (Å²) in [6.45, 7) is 19.7. The van der Waals surface area contributed by atoms with Crippen LogP contribution in [0.5, 0.6) is 0 Å². The van der Waals surface area contributed by atoms with E-state index in [9.17, 15) is 19.2 Å². The molecule has 50 heavy (non-hydrogen) atoms. The second kappa shape index (κ2) is 16.8. The van der Waals surface area contributed by atoms with Gasteiger partial charge in [0.25, 0.3) is 0 Å². The summed E-state index contributed by atoms with van der Waals surface area (Å²) in [5.74, 6) is 2.11. The van der Waals surface area contributed by atoms with Crippen LogP contribution in [0.4, 0.5) is 4.79 Å². The molecule has 1 aromatic carbocycles. The largest absolute Gasteiger partial charge is 0.468 e. The minimum Gasteiger partial charge on any atom is -0.468 e. The molecule has 3 rings (SSSR count). The van der Waals surface area contributed by atoms with Crippen molar-refractivity contribution in [2.24, 2.45) is 0 Å². The highest BCUT2D eigenvalue weighted by atomic mass is 28.3. The Hall–Kier alpha value is -4.70. The molecular weight excluding hydrogens is 653 g/mol. The Morgan fingerprint density at radius 1 is 0.880 bits per heavy atom. The second-order valence-electron chi connectivity index (χ2n) is 14.3. The Balaban J connectivity index is 2.24. The third-order valence-corrected chi connectivity index (χ3v) is 15.1. The van der Waals surface area contributed by atoms with Crippen molar-refractivity contribution in [2.75, 3.05) is 13.7 Å². The van der Waals surface area contributed by atoms with Crippen LogP contribution in [0.15, 0.2) is 42.7 Å². The van der Waals surface area contributed by atoms with Gasteiger partial charge in [-0.1, -0.05) is 65.7 Å². The molecule has 2 heterocycles. The van der Waals surface area contributed by atoms with Gasteiger partial charge in [0.1, 0.15) is 38.0 Å². The molecule has 0 saturated carbocycles. The molecule has 3 aromatic rings. The highest BCUT2D eigenvalue weighted by molar-refractivity contribution is 6.90. The molecule has 270 valence electrons. The molecule has 0 saturated heterocycles. The van der Waals surface area contributed by atoms with Crippen molar-refractivity contribution in [1.82, 2.24) is 30.5 Å². The number of para-hydroxylation sites is 1. The Kier molecular flexibility index (Phi) is 13.4. The minimum absolute atomic E-state index is 0.00184. The summed E-state index contributed by atoms with van der Waals surface area (Å²) in [6.07, 6.45) is 2.54. The van der Waals surface area contributed by atoms with Gasteiger partial charge in [-0.05, 0) is 62.0 Å². The number of nitrogens with zero attached hydrogens (tertiary/aromatic N) is 3. The number of hydrogen-bond donors (Lipinski definition) is 3. The predicted octanol–water partition coefficient (Wildman–Crippen LogP) is 5.22. The van der Waals surface area contributed by atoms with Crippen molar-refractivity contribution in [3.8, 4) is 17.4 Å². The fourth-order valence-electron chi connectivity index (χ4n) is 6.47. The molecule has 0 unspecified atom stereocenters. The zero-order valence-electron chi connectivity index (χ0n) is 31.1. The molecule has 12 nitrogen and oxygen atoms in total. The molecule has 2 atom stereocenters. The van der Waals surface area contributed by atoms with Crippen molar-refractivity contribution in [2.45, 2.75) is 110 Å². The quantitative estimate of drug-likeness (QED) is 0.132. The average molecular weight is 705 g/mol. The summed E-state index contributed by atoms with van der Waals surface area (Å²) >= 11 is 0. The average Bonchev–Trinajstić information content (AvgIpc) is 3.34. The predicted molar refractivity (Wildman–Crippen MR) is 196 cm³/mol. The molecule has 0 aliphatic rings. The van der Waals surface area contributed by atoms with E-state index < -0.39 is 56.2 Å². The molecule has 3 N–H and O–H groups in total. The lowest BCUT2D eigenvalue weighted by Crippen LogP contribution is -2.54. The van der Waals surface area contributed by atoms with Gasteiger partial charge in [-0.15, -0.1) is 5.54 Å². The summed E-state index contributed by atoms with van der Waals surface area (Å²) in [4.78, 5) is 60.8. The Labute approximate surface area is 296 Å². The summed E-state index contributed by atoms with van der Waals surface area (Å²) in [7, 11) is -1.02. The Morgan fingerprint density at radius 2 is 1.48 bits per heavy atom. The molecule has 13 heteroatoms.